The molecule has 122 valence electrons. The Bertz CT molecular complexity index is 471. The highest BCUT2D eigenvalue weighted by Crippen LogP contribution is 2.21. The molecule has 0 saturated carbocycles. The first-order chi connectivity index (χ1) is 10.7. The van der Waals surface area contributed by atoms with Crippen molar-refractivity contribution >= 4 is 5.91 Å². The molecule has 2 aliphatic heterocycles. The number of nitrogens with zero attached hydrogens (tertiary/aromatic N) is 3. The second-order valence-electron chi connectivity index (χ2n) is 6.18. The van der Waals surface area contributed by atoms with E-state index in [0.29, 0.717) is 13.2 Å². The van der Waals surface area contributed by atoms with Gasteiger partial charge in [0.25, 0.3) is 5.91 Å². The molecule has 2 fully saturated rings. The van der Waals surface area contributed by atoms with Gasteiger partial charge >= 0.3 is 0 Å². The van der Waals surface area contributed by atoms with Crippen molar-refractivity contribution < 1.29 is 14.3 Å². The Balaban J connectivity index is 1.50. The highest BCUT2D eigenvalue weighted by molar-refractivity contribution is 5.80. The molecule has 0 aromatic carbocycles. The van der Waals surface area contributed by atoms with Crippen molar-refractivity contribution in [1.29, 1.82) is 0 Å². The number of carbonyl (C=O) groups is 1. The van der Waals surface area contributed by atoms with Crippen LogP contribution in [-0.4, -0.2) is 59.1 Å². The van der Waals surface area contributed by atoms with E-state index in [9.17, 15) is 4.79 Å². The smallest absolute Gasteiger partial charge is 0.251 e. The van der Waals surface area contributed by atoms with E-state index in [1.165, 1.54) is 0 Å². The van der Waals surface area contributed by atoms with Gasteiger partial charge in [-0.15, -0.1) is 0 Å². The van der Waals surface area contributed by atoms with Crippen molar-refractivity contribution in [1.82, 2.24) is 14.7 Å². The molecule has 0 radical (unpaired) electrons. The lowest BCUT2D eigenvalue weighted by atomic mass is 10.1. The minimum atomic E-state index is -0.402. The van der Waals surface area contributed by atoms with Gasteiger partial charge < -0.3 is 14.4 Å². The summed E-state index contributed by atoms with van der Waals surface area (Å²) in [6.45, 7) is 4.70. The summed E-state index contributed by atoms with van der Waals surface area (Å²) in [7, 11) is 0. The lowest BCUT2D eigenvalue weighted by Crippen LogP contribution is -2.45. The maximum atomic E-state index is 12.5. The number of amides is 1. The maximum Gasteiger partial charge on any atom is 0.251 e. The summed E-state index contributed by atoms with van der Waals surface area (Å²) >= 11 is 0. The Labute approximate surface area is 131 Å². The van der Waals surface area contributed by atoms with Crippen molar-refractivity contribution in [3.63, 3.8) is 0 Å². The summed E-state index contributed by atoms with van der Waals surface area (Å²) in [6, 6.07) is 2.20. The standard InChI is InChI=1S/C16H25N3O3/c1-13(22-12-15-6-3-10-21-15)16(20)18-8-2-5-14(11-18)19-9-4-7-17-19/h4,7,9,13-15H,2-3,5-6,8,10-12H2,1H3/t13-,14+,15+/m0/s1. The van der Waals surface area contributed by atoms with Crippen LogP contribution in [-0.2, 0) is 14.3 Å². The van der Waals surface area contributed by atoms with E-state index in [0.717, 1.165) is 38.8 Å². The predicted molar refractivity (Wildman–Crippen MR) is 81.5 cm³/mol. The van der Waals surface area contributed by atoms with Crippen molar-refractivity contribution in [3.8, 4) is 0 Å². The van der Waals surface area contributed by atoms with Gasteiger partial charge in [0, 0.05) is 32.1 Å². The van der Waals surface area contributed by atoms with Crippen molar-refractivity contribution in [2.24, 2.45) is 0 Å². The molecule has 3 atom stereocenters. The second kappa shape index (κ2) is 7.24. The number of aromatic nitrogens is 2. The second-order valence-corrected chi connectivity index (χ2v) is 6.18. The fourth-order valence-corrected chi connectivity index (χ4v) is 3.22. The van der Waals surface area contributed by atoms with Crippen LogP contribution in [0.3, 0.4) is 0 Å². The van der Waals surface area contributed by atoms with Crippen LogP contribution in [0.5, 0.6) is 0 Å². The van der Waals surface area contributed by atoms with Crippen LogP contribution in [0.4, 0.5) is 0 Å². The first kappa shape index (κ1) is 15.5. The van der Waals surface area contributed by atoms with Crippen LogP contribution in [0.15, 0.2) is 18.5 Å². The van der Waals surface area contributed by atoms with Crippen LogP contribution in [0.2, 0.25) is 0 Å². The third kappa shape index (κ3) is 3.67. The van der Waals surface area contributed by atoms with Gasteiger partial charge in [-0.25, -0.2) is 0 Å². The van der Waals surface area contributed by atoms with E-state index in [4.69, 9.17) is 9.47 Å². The van der Waals surface area contributed by atoms with Crippen LogP contribution in [0, 0.1) is 0 Å². The Morgan fingerprint density at radius 3 is 3.09 bits per heavy atom. The van der Waals surface area contributed by atoms with Gasteiger partial charge in [-0.3, -0.25) is 9.48 Å². The van der Waals surface area contributed by atoms with Gasteiger partial charge in [-0.2, -0.15) is 5.10 Å². The average Bonchev–Trinajstić information content (AvgIpc) is 3.25. The lowest BCUT2D eigenvalue weighted by Gasteiger charge is -2.34. The highest BCUT2D eigenvalue weighted by atomic mass is 16.5. The third-order valence-corrected chi connectivity index (χ3v) is 4.51. The fourth-order valence-electron chi connectivity index (χ4n) is 3.22. The molecule has 0 bridgehead atoms. The Morgan fingerprint density at radius 1 is 1.45 bits per heavy atom. The molecule has 0 unspecified atom stereocenters. The molecule has 0 spiro atoms. The monoisotopic (exact) mass is 307 g/mol. The minimum absolute atomic E-state index is 0.0786. The zero-order chi connectivity index (χ0) is 15.4. The summed E-state index contributed by atoms with van der Waals surface area (Å²) in [6.07, 6.45) is 7.71. The van der Waals surface area contributed by atoms with Crippen molar-refractivity contribution in [2.45, 2.75) is 50.9 Å². The van der Waals surface area contributed by atoms with E-state index in [1.807, 2.05) is 28.8 Å². The van der Waals surface area contributed by atoms with Crippen molar-refractivity contribution in [2.75, 3.05) is 26.3 Å². The van der Waals surface area contributed by atoms with Gasteiger partial charge in [0.15, 0.2) is 0 Å². The first-order valence-corrected chi connectivity index (χ1v) is 8.25. The predicted octanol–water partition coefficient (Wildman–Crippen LogP) is 1.63. The van der Waals surface area contributed by atoms with E-state index in [1.54, 1.807) is 6.20 Å². The number of hydrogen-bond acceptors (Lipinski definition) is 4. The van der Waals surface area contributed by atoms with Crippen LogP contribution in [0.1, 0.15) is 38.6 Å². The molecule has 2 aliphatic rings. The summed E-state index contributed by atoms with van der Waals surface area (Å²) in [5.41, 5.74) is 0. The average molecular weight is 307 g/mol. The number of carbonyl (C=O) groups excluding carboxylic acids is 1. The molecule has 0 aliphatic carbocycles. The molecule has 6 heteroatoms. The Hall–Kier alpha value is -1.40. The molecule has 3 heterocycles. The molecule has 22 heavy (non-hydrogen) atoms. The van der Waals surface area contributed by atoms with E-state index >= 15 is 0 Å². The van der Waals surface area contributed by atoms with Gasteiger partial charge in [0.2, 0.25) is 0 Å². The lowest BCUT2D eigenvalue weighted by molar-refractivity contribution is -0.146. The molecule has 0 N–H and O–H groups in total. The maximum absolute atomic E-state index is 12.5. The topological polar surface area (TPSA) is 56.6 Å². The van der Waals surface area contributed by atoms with Gasteiger partial charge in [-0.1, -0.05) is 0 Å². The number of likely N-dealkylation sites (tertiary alicyclic amines) is 1. The van der Waals surface area contributed by atoms with Crippen LogP contribution < -0.4 is 0 Å². The SMILES string of the molecule is C[C@H](OC[C@H]1CCCO1)C(=O)N1CCC[C@@H](n2cccn2)C1. The number of piperidine rings is 1. The summed E-state index contributed by atoms with van der Waals surface area (Å²) < 4.78 is 13.2. The van der Waals surface area contributed by atoms with E-state index in [-0.39, 0.29) is 18.1 Å². The third-order valence-electron chi connectivity index (χ3n) is 4.51. The van der Waals surface area contributed by atoms with Gasteiger partial charge in [-0.05, 0) is 38.7 Å². The normalized spacial score (nSPS) is 27.0. The number of ether oxygens (including phenoxy) is 2. The Morgan fingerprint density at radius 2 is 2.36 bits per heavy atom. The largest absolute Gasteiger partial charge is 0.376 e. The zero-order valence-corrected chi connectivity index (χ0v) is 13.2. The van der Waals surface area contributed by atoms with Crippen molar-refractivity contribution in [3.05, 3.63) is 18.5 Å². The number of rotatable bonds is 5. The number of hydrogen-bond donors (Lipinski definition) is 0. The summed E-state index contributed by atoms with van der Waals surface area (Å²) in [5.74, 6) is 0.0786. The molecule has 2 saturated heterocycles. The van der Waals surface area contributed by atoms with Gasteiger partial charge in [0.05, 0.1) is 18.8 Å². The highest BCUT2D eigenvalue weighted by Gasteiger charge is 2.29. The van der Waals surface area contributed by atoms with Crippen LogP contribution >= 0.6 is 0 Å². The quantitative estimate of drug-likeness (QED) is 0.829. The summed E-state index contributed by atoms with van der Waals surface area (Å²) in [4.78, 5) is 14.5. The molecule has 1 amide bonds. The minimum Gasteiger partial charge on any atom is -0.376 e. The molecule has 1 aromatic heterocycles. The molecular weight excluding hydrogens is 282 g/mol. The summed E-state index contributed by atoms with van der Waals surface area (Å²) in [5, 5.41) is 4.30. The van der Waals surface area contributed by atoms with Gasteiger partial charge in [0.1, 0.15) is 6.10 Å². The molecular formula is C16H25N3O3. The van der Waals surface area contributed by atoms with Crippen LogP contribution in [0.25, 0.3) is 0 Å². The van der Waals surface area contributed by atoms with E-state index in [2.05, 4.69) is 5.10 Å². The van der Waals surface area contributed by atoms with E-state index < -0.39 is 6.10 Å². The zero-order valence-electron chi connectivity index (χ0n) is 13.2. The fraction of sp³-hybridized carbons (Fsp3) is 0.750. The Kier molecular flexibility index (Phi) is 5.10. The molecule has 6 nitrogen and oxygen atoms in total. The molecule has 3 rings (SSSR count). The first-order valence-electron chi connectivity index (χ1n) is 8.25. The molecule has 1 aromatic rings.